The first-order valence-corrected chi connectivity index (χ1v) is 9.58. The van der Waals surface area contributed by atoms with Gasteiger partial charge in [0.05, 0.1) is 16.8 Å². The van der Waals surface area contributed by atoms with Crippen LogP contribution in [0.2, 0.25) is 0 Å². The second-order valence-corrected chi connectivity index (χ2v) is 8.60. The van der Waals surface area contributed by atoms with Crippen molar-refractivity contribution in [2.24, 2.45) is 0 Å². The average Bonchev–Trinajstić information content (AvgIpc) is 3.22. The monoisotopic (exact) mass is 481 g/mol. The Kier molecular flexibility index (Phi) is 5.59. The molecule has 0 aliphatic rings. The largest absolute Gasteiger partial charge is 0.445 e. The lowest BCUT2D eigenvalue weighted by molar-refractivity contribution is -0.143. The van der Waals surface area contributed by atoms with Crippen molar-refractivity contribution in [3.8, 4) is 11.3 Å². The van der Waals surface area contributed by atoms with Crippen LogP contribution in [0, 0.1) is 0 Å². The topological polar surface area (TPSA) is 38.7 Å². The maximum absolute atomic E-state index is 12.9. The van der Waals surface area contributed by atoms with Crippen LogP contribution in [-0.4, -0.2) is 15.2 Å². The quantitative estimate of drug-likeness (QED) is 0.383. The Bertz CT molecular complexity index is 985. The first kappa shape index (κ1) is 21.8. The van der Waals surface area contributed by atoms with Gasteiger partial charge < -0.3 is 0 Å². The van der Waals surface area contributed by atoms with Gasteiger partial charge in [-0.05, 0) is 30.0 Å². The Balaban J connectivity index is 1.92. The van der Waals surface area contributed by atoms with E-state index in [4.69, 9.17) is 0 Å². The van der Waals surface area contributed by atoms with Crippen molar-refractivity contribution in [1.82, 2.24) is 15.2 Å². The zero-order chi connectivity index (χ0) is 21.6. The second kappa shape index (κ2) is 7.43. The number of hydrogen-bond donors (Lipinski definition) is 0. The molecule has 0 aliphatic carbocycles. The Labute approximate surface area is 167 Å². The molecule has 0 amide bonds. The predicted molar refractivity (Wildman–Crippen MR) is 86.6 cm³/mol. The Morgan fingerprint density at radius 3 is 1.79 bits per heavy atom. The maximum atomic E-state index is 12.9. The van der Waals surface area contributed by atoms with E-state index in [9.17, 15) is 39.5 Å². The highest BCUT2D eigenvalue weighted by Gasteiger charge is 2.37. The molecular weight excluding hydrogens is 477 g/mol. The van der Waals surface area contributed by atoms with Crippen molar-refractivity contribution in [3.63, 3.8) is 0 Å². The van der Waals surface area contributed by atoms with Crippen LogP contribution in [-0.2, 0) is 18.5 Å². The van der Waals surface area contributed by atoms with Crippen LogP contribution in [0.3, 0.4) is 0 Å². The van der Waals surface area contributed by atoms with E-state index in [2.05, 4.69) is 15.2 Å². The Morgan fingerprint density at radius 1 is 0.724 bits per heavy atom. The summed E-state index contributed by atoms with van der Waals surface area (Å²) in [5.41, 5.74) is -3.61. The van der Waals surface area contributed by atoms with Gasteiger partial charge in [-0.2, -0.15) is 39.5 Å². The van der Waals surface area contributed by atoms with Gasteiger partial charge in [-0.3, -0.25) is 0 Å². The molecule has 0 bridgehead atoms. The van der Waals surface area contributed by atoms with Gasteiger partial charge in [-0.1, -0.05) is 11.3 Å². The van der Waals surface area contributed by atoms with Crippen molar-refractivity contribution in [1.29, 1.82) is 0 Å². The minimum atomic E-state index is -5.01. The average molecular weight is 481 g/mol. The SMILES string of the molecule is FC(F)(F)c1cc(-c2csc(Sc3nnc(C(F)(F)F)s3)n2)cc(C(F)(F)F)c1. The van der Waals surface area contributed by atoms with Crippen molar-refractivity contribution >= 4 is 34.4 Å². The first-order chi connectivity index (χ1) is 13.2. The number of aromatic nitrogens is 3. The van der Waals surface area contributed by atoms with E-state index >= 15 is 0 Å². The van der Waals surface area contributed by atoms with Crippen LogP contribution in [0.25, 0.3) is 11.3 Å². The van der Waals surface area contributed by atoms with Crippen LogP contribution < -0.4 is 0 Å². The summed E-state index contributed by atoms with van der Waals surface area (Å²) in [4.78, 5) is 3.90. The molecular formula is C14H4F9N3S3. The molecule has 0 saturated heterocycles. The van der Waals surface area contributed by atoms with Crippen LogP contribution in [0.4, 0.5) is 39.5 Å². The molecule has 3 nitrogen and oxygen atoms in total. The van der Waals surface area contributed by atoms with Gasteiger partial charge in [0.15, 0.2) is 8.68 Å². The van der Waals surface area contributed by atoms with Crippen molar-refractivity contribution in [2.45, 2.75) is 27.2 Å². The van der Waals surface area contributed by atoms with Gasteiger partial charge in [-0.25, -0.2) is 4.98 Å². The number of hydrogen-bond acceptors (Lipinski definition) is 6. The first-order valence-electron chi connectivity index (χ1n) is 7.07. The fourth-order valence-electron chi connectivity index (χ4n) is 1.98. The van der Waals surface area contributed by atoms with Gasteiger partial charge >= 0.3 is 18.5 Å². The van der Waals surface area contributed by atoms with Gasteiger partial charge in [0.1, 0.15) is 0 Å². The highest BCUT2D eigenvalue weighted by molar-refractivity contribution is 8.02. The number of rotatable bonds is 3. The molecule has 0 atom stereocenters. The molecule has 3 rings (SSSR count). The molecule has 0 radical (unpaired) electrons. The number of halogens is 9. The molecule has 156 valence electrons. The standard InChI is InChI=1S/C14H4F9N3S3/c15-12(16,17)6-1-5(2-7(3-6)13(18,19)20)8-4-27-10(24-8)29-11-26-25-9(28-11)14(21,22)23/h1-4H. The van der Waals surface area contributed by atoms with E-state index in [0.29, 0.717) is 23.9 Å². The number of nitrogens with zero attached hydrogens (tertiary/aromatic N) is 3. The summed E-state index contributed by atoms with van der Waals surface area (Å²) in [7, 11) is 0. The zero-order valence-corrected chi connectivity index (χ0v) is 15.7. The van der Waals surface area contributed by atoms with Gasteiger partial charge in [-0.15, -0.1) is 21.5 Å². The molecule has 0 aliphatic heterocycles. The van der Waals surface area contributed by atoms with Crippen LogP contribution in [0.1, 0.15) is 16.1 Å². The fraction of sp³-hybridized carbons (Fsp3) is 0.214. The van der Waals surface area contributed by atoms with Crippen molar-refractivity contribution in [2.75, 3.05) is 0 Å². The van der Waals surface area contributed by atoms with Gasteiger partial charge in [0.25, 0.3) is 0 Å². The molecule has 0 unspecified atom stereocenters. The third-order valence-corrected chi connectivity index (χ3v) is 6.15. The van der Waals surface area contributed by atoms with E-state index < -0.39 is 40.2 Å². The smallest absolute Gasteiger partial charge is 0.229 e. The van der Waals surface area contributed by atoms with E-state index in [1.54, 1.807) is 0 Å². The summed E-state index contributed by atoms with van der Waals surface area (Å²) in [5, 5.41) is 6.32. The summed E-state index contributed by atoms with van der Waals surface area (Å²) >= 11 is 1.73. The van der Waals surface area contributed by atoms with Gasteiger partial charge in [0.2, 0.25) is 5.01 Å². The summed E-state index contributed by atoms with van der Waals surface area (Å²) in [6.45, 7) is 0. The lowest BCUT2D eigenvalue weighted by atomic mass is 10.0. The molecule has 2 heterocycles. The molecule has 3 aromatic rings. The van der Waals surface area contributed by atoms with Crippen LogP contribution >= 0.6 is 34.4 Å². The number of benzene rings is 1. The molecule has 0 saturated carbocycles. The predicted octanol–water partition coefficient (Wildman–Crippen LogP) is 6.87. The Hall–Kier alpha value is -1.87. The summed E-state index contributed by atoms with van der Waals surface area (Å²) in [6, 6.07) is 1.03. The molecule has 0 spiro atoms. The third-order valence-electron chi connectivity index (χ3n) is 3.19. The molecule has 29 heavy (non-hydrogen) atoms. The summed E-state index contributed by atoms with van der Waals surface area (Å²) in [6.07, 6.45) is -14.7. The number of thiazole rings is 1. The summed E-state index contributed by atoms with van der Waals surface area (Å²) in [5.74, 6) is 0. The minimum absolute atomic E-state index is 0.00850. The molecule has 1 aromatic carbocycles. The molecule has 0 N–H and O–H groups in total. The highest BCUT2D eigenvalue weighted by atomic mass is 32.2. The minimum Gasteiger partial charge on any atom is -0.229 e. The van der Waals surface area contributed by atoms with E-state index in [0.717, 1.165) is 11.3 Å². The lowest BCUT2D eigenvalue weighted by Crippen LogP contribution is -2.11. The zero-order valence-electron chi connectivity index (χ0n) is 13.3. The summed E-state index contributed by atoms with van der Waals surface area (Å²) < 4.78 is 115. The van der Waals surface area contributed by atoms with Gasteiger partial charge in [0, 0.05) is 10.9 Å². The Morgan fingerprint density at radius 2 is 1.31 bits per heavy atom. The number of alkyl halides is 9. The lowest BCUT2D eigenvalue weighted by Gasteiger charge is -2.13. The maximum Gasteiger partial charge on any atom is 0.445 e. The van der Waals surface area contributed by atoms with Crippen molar-refractivity contribution < 1.29 is 39.5 Å². The van der Waals surface area contributed by atoms with E-state index in [1.807, 2.05) is 0 Å². The van der Waals surface area contributed by atoms with Crippen LogP contribution in [0.5, 0.6) is 0 Å². The van der Waals surface area contributed by atoms with Crippen molar-refractivity contribution in [3.05, 3.63) is 39.7 Å². The fourth-order valence-corrected chi connectivity index (χ4v) is 4.72. The van der Waals surface area contributed by atoms with E-state index in [1.165, 1.54) is 5.38 Å². The molecule has 15 heteroatoms. The third kappa shape index (κ3) is 5.19. The molecule has 0 fully saturated rings. The normalized spacial score (nSPS) is 13.1. The molecule has 2 aromatic heterocycles. The highest BCUT2D eigenvalue weighted by Crippen LogP contribution is 2.41. The second-order valence-electron chi connectivity index (χ2n) is 5.27. The van der Waals surface area contributed by atoms with E-state index in [-0.39, 0.29) is 31.8 Å². The van der Waals surface area contributed by atoms with Crippen LogP contribution in [0.15, 0.2) is 32.3 Å².